The fraction of sp³-hybridized carbons (Fsp3) is 0.556. The highest BCUT2D eigenvalue weighted by Gasteiger charge is 2.29. The number of amides is 1. The first-order valence-corrected chi connectivity index (χ1v) is 8.62. The Kier molecular flexibility index (Phi) is 4.49. The van der Waals surface area contributed by atoms with E-state index in [9.17, 15) is 4.79 Å². The van der Waals surface area contributed by atoms with E-state index < -0.39 is 0 Å². The van der Waals surface area contributed by atoms with Crippen molar-refractivity contribution in [1.29, 1.82) is 0 Å². The number of carbonyl (C=O) groups excluding carboxylic acids is 1. The zero-order valence-corrected chi connectivity index (χ0v) is 15.6. The second kappa shape index (κ2) is 6.46. The Morgan fingerprint density at radius 1 is 1.28 bits per heavy atom. The van der Waals surface area contributed by atoms with Gasteiger partial charge in [-0.05, 0) is 25.1 Å². The predicted octanol–water partition coefficient (Wildman–Crippen LogP) is 1.68. The number of aryl methyl sites for hydroxylation is 2. The molecule has 0 atom stereocenters. The molecule has 0 aliphatic carbocycles. The average molecular weight is 342 g/mol. The second-order valence-corrected chi connectivity index (χ2v) is 7.80. The van der Waals surface area contributed by atoms with Crippen molar-refractivity contribution in [2.24, 2.45) is 13.0 Å². The van der Waals surface area contributed by atoms with Crippen molar-refractivity contribution < 1.29 is 4.79 Å². The van der Waals surface area contributed by atoms with Crippen molar-refractivity contribution in [2.75, 3.05) is 24.5 Å². The van der Waals surface area contributed by atoms with Crippen LogP contribution < -0.4 is 10.2 Å². The number of nitrogens with one attached hydrogen (secondary N) is 1. The molecule has 0 radical (unpaired) electrons. The lowest BCUT2D eigenvalue weighted by atomic mass is 9.92. The zero-order chi connectivity index (χ0) is 18.2. The summed E-state index contributed by atoms with van der Waals surface area (Å²) in [6.07, 6.45) is 0. The molecule has 1 aliphatic rings. The van der Waals surface area contributed by atoms with Crippen LogP contribution in [0.4, 0.5) is 5.82 Å². The zero-order valence-electron chi connectivity index (χ0n) is 15.6. The normalized spacial score (nSPS) is 15.2. The van der Waals surface area contributed by atoms with Crippen molar-refractivity contribution in [3.8, 4) is 0 Å². The summed E-state index contributed by atoms with van der Waals surface area (Å²) in [5, 5.41) is 15.8. The predicted molar refractivity (Wildman–Crippen MR) is 96.7 cm³/mol. The van der Waals surface area contributed by atoms with Gasteiger partial charge in [0.25, 0.3) is 5.91 Å². The summed E-state index contributed by atoms with van der Waals surface area (Å²) < 4.78 is 1.71. The van der Waals surface area contributed by atoms with Gasteiger partial charge in [0.1, 0.15) is 5.69 Å². The molecule has 0 unspecified atom stereocenters. The summed E-state index contributed by atoms with van der Waals surface area (Å²) >= 11 is 0. The van der Waals surface area contributed by atoms with E-state index in [0.717, 1.165) is 30.3 Å². The number of rotatable bonds is 4. The van der Waals surface area contributed by atoms with E-state index in [0.29, 0.717) is 18.2 Å². The highest BCUT2D eigenvalue weighted by molar-refractivity contribution is 5.92. The maximum Gasteiger partial charge on any atom is 0.271 e. The van der Waals surface area contributed by atoms with Gasteiger partial charge >= 0.3 is 0 Å². The van der Waals surface area contributed by atoms with E-state index in [-0.39, 0.29) is 11.3 Å². The van der Waals surface area contributed by atoms with Gasteiger partial charge in [0.15, 0.2) is 5.82 Å². The molecule has 1 fully saturated rings. The smallest absolute Gasteiger partial charge is 0.271 e. The summed E-state index contributed by atoms with van der Waals surface area (Å²) in [6, 6.07) is 5.87. The standard InChI is InChI=1S/C18H26N6O/c1-12-8-14(22-23(12)5)17(25)19-9-13-10-24(11-13)16-7-6-15(20-21-16)18(2,3)4/h6-8,13H,9-11H2,1-5H3,(H,19,25). The van der Waals surface area contributed by atoms with E-state index in [1.54, 1.807) is 10.7 Å². The van der Waals surface area contributed by atoms with Gasteiger partial charge in [0.05, 0.1) is 5.69 Å². The van der Waals surface area contributed by atoms with Crippen molar-refractivity contribution in [3.63, 3.8) is 0 Å². The first-order valence-electron chi connectivity index (χ1n) is 8.62. The maximum absolute atomic E-state index is 12.1. The largest absolute Gasteiger partial charge is 0.354 e. The Labute approximate surface area is 148 Å². The quantitative estimate of drug-likeness (QED) is 0.915. The Morgan fingerprint density at radius 2 is 2.00 bits per heavy atom. The van der Waals surface area contributed by atoms with E-state index >= 15 is 0 Å². The lowest BCUT2D eigenvalue weighted by molar-refractivity contribution is 0.0938. The van der Waals surface area contributed by atoms with E-state index in [4.69, 9.17) is 0 Å². The lowest BCUT2D eigenvalue weighted by Crippen LogP contribution is -2.52. The Morgan fingerprint density at radius 3 is 2.52 bits per heavy atom. The fourth-order valence-corrected chi connectivity index (χ4v) is 2.78. The molecule has 25 heavy (non-hydrogen) atoms. The SMILES string of the molecule is Cc1cc(C(=O)NCC2CN(c3ccc(C(C)(C)C)nn3)C2)nn1C. The van der Waals surface area contributed by atoms with Gasteiger partial charge in [0, 0.05) is 43.7 Å². The molecule has 7 heteroatoms. The van der Waals surface area contributed by atoms with Gasteiger partial charge in [0.2, 0.25) is 0 Å². The van der Waals surface area contributed by atoms with Crippen LogP contribution in [0.3, 0.4) is 0 Å². The summed E-state index contributed by atoms with van der Waals surface area (Å²) in [6.45, 7) is 10.7. The molecule has 134 valence electrons. The van der Waals surface area contributed by atoms with E-state index in [2.05, 4.69) is 46.3 Å². The van der Waals surface area contributed by atoms with E-state index in [1.165, 1.54) is 0 Å². The van der Waals surface area contributed by atoms with Gasteiger partial charge in [-0.25, -0.2) is 0 Å². The second-order valence-electron chi connectivity index (χ2n) is 7.80. The van der Waals surface area contributed by atoms with Crippen LogP contribution in [0, 0.1) is 12.8 Å². The van der Waals surface area contributed by atoms with Crippen LogP contribution in [-0.2, 0) is 12.5 Å². The molecule has 0 spiro atoms. The van der Waals surface area contributed by atoms with Crippen molar-refractivity contribution >= 4 is 11.7 Å². The molecule has 7 nitrogen and oxygen atoms in total. The molecule has 2 aromatic heterocycles. The van der Waals surface area contributed by atoms with Gasteiger partial charge in [-0.3, -0.25) is 9.48 Å². The van der Waals surface area contributed by atoms with Crippen LogP contribution >= 0.6 is 0 Å². The van der Waals surface area contributed by atoms with E-state index in [1.807, 2.05) is 26.1 Å². The molecular weight excluding hydrogens is 316 g/mol. The highest BCUT2D eigenvalue weighted by Crippen LogP contribution is 2.24. The summed E-state index contributed by atoms with van der Waals surface area (Å²) in [5.41, 5.74) is 2.44. The van der Waals surface area contributed by atoms with Crippen LogP contribution in [0.25, 0.3) is 0 Å². The average Bonchev–Trinajstić information content (AvgIpc) is 2.84. The molecule has 1 saturated heterocycles. The Bertz CT molecular complexity index is 733. The van der Waals surface area contributed by atoms with Gasteiger partial charge < -0.3 is 10.2 Å². The third-order valence-corrected chi connectivity index (χ3v) is 4.60. The molecule has 3 heterocycles. The topological polar surface area (TPSA) is 75.9 Å². The van der Waals surface area contributed by atoms with Crippen LogP contribution in [0.5, 0.6) is 0 Å². The molecule has 2 aromatic rings. The monoisotopic (exact) mass is 342 g/mol. The van der Waals surface area contributed by atoms with Crippen LogP contribution in [0.2, 0.25) is 0 Å². The van der Waals surface area contributed by atoms with Gasteiger partial charge in [-0.2, -0.15) is 10.2 Å². The summed E-state index contributed by atoms with van der Waals surface area (Å²) in [7, 11) is 1.84. The van der Waals surface area contributed by atoms with Crippen LogP contribution in [0.15, 0.2) is 18.2 Å². The Balaban J connectivity index is 1.47. The molecule has 0 bridgehead atoms. The molecule has 1 aliphatic heterocycles. The van der Waals surface area contributed by atoms with Crippen LogP contribution in [0.1, 0.15) is 42.6 Å². The summed E-state index contributed by atoms with van der Waals surface area (Å²) in [4.78, 5) is 14.3. The first kappa shape index (κ1) is 17.4. The van der Waals surface area contributed by atoms with Crippen molar-refractivity contribution in [2.45, 2.75) is 33.1 Å². The maximum atomic E-state index is 12.1. The minimum absolute atomic E-state index is 0.0110. The molecule has 3 rings (SSSR count). The Hall–Kier alpha value is -2.44. The number of nitrogens with zero attached hydrogens (tertiary/aromatic N) is 5. The fourth-order valence-electron chi connectivity index (χ4n) is 2.78. The number of hydrogen-bond donors (Lipinski definition) is 1. The molecule has 1 N–H and O–H groups in total. The molecule has 0 aromatic carbocycles. The van der Waals surface area contributed by atoms with Crippen molar-refractivity contribution in [3.05, 3.63) is 35.3 Å². The van der Waals surface area contributed by atoms with Gasteiger partial charge in [-0.15, -0.1) is 5.10 Å². The number of carbonyl (C=O) groups is 1. The minimum atomic E-state index is -0.114. The number of anilines is 1. The molecule has 0 saturated carbocycles. The highest BCUT2D eigenvalue weighted by atomic mass is 16.1. The lowest BCUT2D eigenvalue weighted by Gasteiger charge is -2.40. The molecular formula is C18H26N6O. The van der Waals surface area contributed by atoms with Crippen molar-refractivity contribution in [1.82, 2.24) is 25.3 Å². The summed E-state index contributed by atoms with van der Waals surface area (Å²) in [5.74, 6) is 1.21. The molecule has 1 amide bonds. The van der Waals surface area contributed by atoms with Crippen LogP contribution in [-0.4, -0.2) is 45.5 Å². The minimum Gasteiger partial charge on any atom is -0.354 e. The number of aromatic nitrogens is 4. The third-order valence-electron chi connectivity index (χ3n) is 4.60. The third kappa shape index (κ3) is 3.81. The van der Waals surface area contributed by atoms with Gasteiger partial charge in [-0.1, -0.05) is 20.8 Å². The number of hydrogen-bond acceptors (Lipinski definition) is 5. The first-order chi connectivity index (χ1) is 11.7.